The number of nitrogens with zero attached hydrogens (tertiary/aromatic N) is 1. The molecule has 14 heavy (non-hydrogen) atoms. The van der Waals surface area contributed by atoms with E-state index in [1.165, 1.54) is 25.0 Å². The van der Waals surface area contributed by atoms with Crippen molar-refractivity contribution in [1.29, 1.82) is 0 Å². The van der Waals surface area contributed by atoms with Gasteiger partial charge in [0.2, 0.25) is 0 Å². The highest BCUT2D eigenvalue weighted by Gasteiger charge is 2.36. The molecule has 0 amide bonds. The zero-order chi connectivity index (χ0) is 9.97. The minimum absolute atomic E-state index is 0.407. The standard InChI is InChI=1S/C11H19N3/c1-3-4-9-7-11(9)13-8(2)10-5-6-12-14-10/h5-6,8-9,11,13H,3-4,7H2,1-2H3,(H,12,14). The lowest BCUT2D eigenvalue weighted by Gasteiger charge is -2.11. The highest BCUT2D eigenvalue weighted by Crippen LogP contribution is 2.36. The van der Waals surface area contributed by atoms with E-state index in [0.29, 0.717) is 6.04 Å². The molecule has 1 aliphatic rings. The molecule has 0 bridgehead atoms. The van der Waals surface area contributed by atoms with Crippen LogP contribution in [0.2, 0.25) is 0 Å². The van der Waals surface area contributed by atoms with Gasteiger partial charge in [0.05, 0.1) is 5.69 Å². The zero-order valence-corrected chi connectivity index (χ0v) is 8.96. The molecule has 0 aliphatic heterocycles. The molecular formula is C11H19N3. The fraction of sp³-hybridized carbons (Fsp3) is 0.727. The lowest BCUT2D eigenvalue weighted by atomic mass is 10.2. The van der Waals surface area contributed by atoms with Gasteiger partial charge in [-0.2, -0.15) is 5.10 Å². The van der Waals surface area contributed by atoms with Gasteiger partial charge in [-0.1, -0.05) is 13.3 Å². The summed E-state index contributed by atoms with van der Waals surface area (Å²) >= 11 is 0. The second-order valence-corrected chi connectivity index (χ2v) is 4.29. The van der Waals surface area contributed by atoms with Crippen molar-refractivity contribution in [2.75, 3.05) is 0 Å². The molecule has 1 aliphatic carbocycles. The van der Waals surface area contributed by atoms with Crippen molar-refractivity contribution >= 4 is 0 Å². The molecule has 0 aromatic carbocycles. The Hall–Kier alpha value is -0.830. The number of H-pyrrole nitrogens is 1. The molecule has 2 rings (SSSR count). The van der Waals surface area contributed by atoms with Crippen molar-refractivity contribution < 1.29 is 0 Å². The van der Waals surface area contributed by atoms with E-state index in [-0.39, 0.29) is 0 Å². The summed E-state index contributed by atoms with van der Waals surface area (Å²) in [6.45, 7) is 4.45. The summed E-state index contributed by atoms with van der Waals surface area (Å²) in [6, 6.07) is 3.19. The van der Waals surface area contributed by atoms with Gasteiger partial charge in [-0.05, 0) is 31.7 Å². The Bertz CT molecular complexity index is 268. The van der Waals surface area contributed by atoms with Crippen molar-refractivity contribution in [1.82, 2.24) is 15.5 Å². The number of rotatable bonds is 5. The topological polar surface area (TPSA) is 40.7 Å². The van der Waals surface area contributed by atoms with E-state index in [1.807, 2.05) is 12.3 Å². The van der Waals surface area contributed by atoms with Crippen molar-refractivity contribution in [2.45, 2.75) is 45.2 Å². The van der Waals surface area contributed by atoms with Gasteiger partial charge in [0.1, 0.15) is 0 Å². The van der Waals surface area contributed by atoms with Crippen LogP contribution in [0, 0.1) is 5.92 Å². The van der Waals surface area contributed by atoms with Crippen LogP contribution in [0.15, 0.2) is 12.3 Å². The Morgan fingerprint density at radius 3 is 3.21 bits per heavy atom. The third kappa shape index (κ3) is 2.15. The molecule has 3 nitrogen and oxygen atoms in total. The first-order valence-electron chi connectivity index (χ1n) is 5.56. The van der Waals surface area contributed by atoms with Crippen molar-refractivity contribution in [3.63, 3.8) is 0 Å². The monoisotopic (exact) mass is 193 g/mol. The molecule has 1 aromatic heterocycles. The Labute approximate surface area is 85.3 Å². The van der Waals surface area contributed by atoms with Crippen LogP contribution >= 0.6 is 0 Å². The van der Waals surface area contributed by atoms with Crippen LogP contribution in [0.1, 0.15) is 44.8 Å². The van der Waals surface area contributed by atoms with Gasteiger partial charge in [-0.3, -0.25) is 5.10 Å². The highest BCUT2D eigenvalue weighted by atomic mass is 15.1. The molecular weight excluding hydrogens is 174 g/mol. The maximum absolute atomic E-state index is 3.96. The maximum atomic E-state index is 3.96. The molecule has 3 unspecified atom stereocenters. The van der Waals surface area contributed by atoms with Crippen LogP contribution in [0.5, 0.6) is 0 Å². The first-order chi connectivity index (χ1) is 6.81. The Morgan fingerprint density at radius 2 is 2.57 bits per heavy atom. The summed E-state index contributed by atoms with van der Waals surface area (Å²) in [5, 5.41) is 10.6. The van der Waals surface area contributed by atoms with Gasteiger partial charge in [0.25, 0.3) is 0 Å². The normalized spacial score (nSPS) is 27.6. The van der Waals surface area contributed by atoms with E-state index in [2.05, 4.69) is 29.4 Å². The minimum Gasteiger partial charge on any atom is -0.306 e. The van der Waals surface area contributed by atoms with E-state index >= 15 is 0 Å². The Kier molecular flexibility index (Phi) is 2.87. The average molecular weight is 193 g/mol. The molecule has 0 saturated heterocycles. The second kappa shape index (κ2) is 4.13. The summed E-state index contributed by atoms with van der Waals surface area (Å²) in [6.07, 6.45) is 5.84. The first kappa shape index (κ1) is 9.71. The summed E-state index contributed by atoms with van der Waals surface area (Å²) in [5.74, 6) is 0.922. The van der Waals surface area contributed by atoms with E-state index < -0.39 is 0 Å². The lowest BCUT2D eigenvalue weighted by molar-refractivity contribution is 0.520. The zero-order valence-electron chi connectivity index (χ0n) is 8.96. The smallest absolute Gasteiger partial charge is 0.0518 e. The Morgan fingerprint density at radius 1 is 1.71 bits per heavy atom. The largest absolute Gasteiger partial charge is 0.306 e. The molecule has 1 aromatic rings. The number of nitrogens with one attached hydrogen (secondary N) is 2. The Balaban J connectivity index is 1.77. The predicted octanol–water partition coefficient (Wildman–Crippen LogP) is 2.25. The SMILES string of the molecule is CCCC1CC1NC(C)c1ccn[nH]1. The summed E-state index contributed by atoms with van der Waals surface area (Å²) in [5.41, 5.74) is 1.19. The average Bonchev–Trinajstić information content (AvgIpc) is 2.71. The number of hydrogen-bond acceptors (Lipinski definition) is 2. The molecule has 1 fully saturated rings. The van der Waals surface area contributed by atoms with Crippen LogP contribution in [0.25, 0.3) is 0 Å². The summed E-state index contributed by atoms with van der Waals surface area (Å²) in [4.78, 5) is 0. The quantitative estimate of drug-likeness (QED) is 0.753. The second-order valence-electron chi connectivity index (χ2n) is 4.29. The maximum Gasteiger partial charge on any atom is 0.0518 e. The van der Waals surface area contributed by atoms with Crippen LogP contribution in [0.3, 0.4) is 0 Å². The van der Waals surface area contributed by atoms with E-state index in [4.69, 9.17) is 0 Å². The fourth-order valence-corrected chi connectivity index (χ4v) is 2.06. The lowest BCUT2D eigenvalue weighted by Crippen LogP contribution is -2.22. The van der Waals surface area contributed by atoms with Gasteiger partial charge in [0, 0.05) is 18.3 Å². The number of aromatic nitrogens is 2. The van der Waals surface area contributed by atoms with E-state index in [9.17, 15) is 0 Å². The van der Waals surface area contributed by atoms with Crippen LogP contribution < -0.4 is 5.32 Å². The van der Waals surface area contributed by atoms with Crippen molar-refractivity contribution in [3.8, 4) is 0 Å². The molecule has 2 N–H and O–H groups in total. The number of aromatic amines is 1. The van der Waals surface area contributed by atoms with Gasteiger partial charge in [0.15, 0.2) is 0 Å². The third-order valence-corrected chi connectivity index (χ3v) is 3.03. The summed E-state index contributed by atoms with van der Waals surface area (Å²) in [7, 11) is 0. The van der Waals surface area contributed by atoms with Crippen LogP contribution in [0.4, 0.5) is 0 Å². The molecule has 3 atom stereocenters. The van der Waals surface area contributed by atoms with Gasteiger partial charge < -0.3 is 5.32 Å². The fourth-order valence-electron chi connectivity index (χ4n) is 2.06. The molecule has 3 heteroatoms. The van der Waals surface area contributed by atoms with Gasteiger partial charge >= 0.3 is 0 Å². The van der Waals surface area contributed by atoms with E-state index in [0.717, 1.165) is 12.0 Å². The minimum atomic E-state index is 0.407. The van der Waals surface area contributed by atoms with E-state index in [1.54, 1.807) is 0 Å². The van der Waals surface area contributed by atoms with Gasteiger partial charge in [-0.25, -0.2) is 0 Å². The highest BCUT2D eigenvalue weighted by molar-refractivity contribution is 5.05. The third-order valence-electron chi connectivity index (χ3n) is 3.03. The van der Waals surface area contributed by atoms with Crippen molar-refractivity contribution in [2.24, 2.45) is 5.92 Å². The predicted molar refractivity (Wildman–Crippen MR) is 56.9 cm³/mol. The number of hydrogen-bond donors (Lipinski definition) is 2. The van der Waals surface area contributed by atoms with Crippen LogP contribution in [-0.4, -0.2) is 16.2 Å². The van der Waals surface area contributed by atoms with Crippen molar-refractivity contribution in [3.05, 3.63) is 18.0 Å². The first-order valence-corrected chi connectivity index (χ1v) is 5.56. The molecule has 1 saturated carbocycles. The van der Waals surface area contributed by atoms with Gasteiger partial charge in [-0.15, -0.1) is 0 Å². The molecule has 0 radical (unpaired) electrons. The summed E-state index contributed by atoms with van der Waals surface area (Å²) < 4.78 is 0. The molecule has 0 spiro atoms. The molecule has 1 heterocycles. The molecule has 78 valence electrons. The van der Waals surface area contributed by atoms with Crippen LogP contribution in [-0.2, 0) is 0 Å².